The molecule has 0 atom stereocenters. The molecule has 0 aliphatic carbocycles. The van der Waals surface area contributed by atoms with Crippen LogP contribution in [0.3, 0.4) is 0 Å². The molecule has 18 heavy (non-hydrogen) atoms. The normalized spacial score (nSPS) is 10.7. The Kier molecular flexibility index (Phi) is 3.17. The average Bonchev–Trinajstić information content (AvgIpc) is 2.79. The van der Waals surface area contributed by atoms with Crippen molar-refractivity contribution in [3.05, 3.63) is 58.6 Å². The highest BCUT2D eigenvalue weighted by atomic mass is 35.5. The fraction of sp³-hybridized carbons (Fsp3) is 0.0714. The summed E-state index contributed by atoms with van der Waals surface area (Å²) in [5, 5.41) is 5.15. The second-order valence-corrected chi connectivity index (χ2v) is 5.49. The minimum atomic E-state index is 0.732. The van der Waals surface area contributed by atoms with Crippen molar-refractivity contribution in [3.63, 3.8) is 0 Å². The molecule has 0 radical (unpaired) electrons. The van der Waals surface area contributed by atoms with E-state index in [0.717, 1.165) is 27.8 Å². The monoisotopic (exact) mass is 274 g/mol. The molecule has 0 amide bonds. The lowest BCUT2D eigenvalue weighted by Gasteiger charge is -2.02. The maximum absolute atomic E-state index is 5.95. The van der Waals surface area contributed by atoms with Crippen molar-refractivity contribution in [1.82, 2.24) is 4.98 Å². The average molecular weight is 275 g/mol. The largest absolute Gasteiger partial charge is 0.379 e. The van der Waals surface area contributed by atoms with Crippen LogP contribution in [0.4, 0.5) is 5.69 Å². The molecule has 0 unspecified atom stereocenters. The van der Waals surface area contributed by atoms with Crippen molar-refractivity contribution >= 4 is 38.8 Å². The second-order valence-electron chi connectivity index (χ2n) is 3.94. The van der Waals surface area contributed by atoms with Crippen LogP contribution >= 0.6 is 22.9 Å². The first-order valence-corrected chi connectivity index (χ1v) is 6.84. The number of para-hydroxylation sites is 1. The van der Waals surface area contributed by atoms with Gasteiger partial charge in [0, 0.05) is 10.7 Å². The number of anilines is 1. The van der Waals surface area contributed by atoms with Gasteiger partial charge in [0.25, 0.3) is 0 Å². The Morgan fingerprint density at radius 2 is 1.94 bits per heavy atom. The number of rotatable bonds is 3. The van der Waals surface area contributed by atoms with Gasteiger partial charge in [-0.05, 0) is 30.3 Å². The molecule has 3 aromatic rings. The van der Waals surface area contributed by atoms with Crippen molar-refractivity contribution in [2.45, 2.75) is 6.54 Å². The van der Waals surface area contributed by atoms with Crippen LogP contribution in [-0.4, -0.2) is 4.98 Å². The molecule has 1 heterocycles. The van der Waals surface area contributed by atoms with Crippen molar-refractivity contribution in [2.75, 3.05) is 5.32 Å². The smallest absolute Gasteiger partial charge is 0.113 e. The highest BCUT2D eigenvalue weighted by Gasteiger charge is 2.04. The van der Waals surface area contributed by atoms with Gasteiger partial charge in [0.15, 0.2) is 0 Å². The first kappa shape index (κ1) is 11.5. The van der Waals surface area contributed by atoms with E-state index in [1.165, 1.54) is 4.70 Å². The summed E-state index contributed by atoms with van der Waals surface area (Å²) in [7, 11) is 0. The molecule has 0 saturated carbocycles. The van der Waals surface area contributed by atoms with E-state index in [1.807, 2.05) is 48.5 Å². The lowest BCUT2D eigenvalue weighted by atomic mass is 10.3. The third-order valence-electron chi connectivity index (χ3n) is 2.61. The zero-order valence-electron chi connectivity index (χ0n) is 9.56. The third-order valence-corrected chi connectivity index (χ3v) is 3.88. The van der Waals surface area contributed by atoms with Gasteiger partial charge in [-0.15, -0.1) is 11.3 Å². The van der Waals surface area contributed by atoms with Crippen LogP contribution < -0.4 is 5.32 Å². The molecule has 1 N–H and O–H groups in total. The molecule has 2 aromatic carbocycles. The first-order chi connectivity index (χ1) is 8.81. The Bertz CT molecular complexity index is 664. The lowest BCUT2D eigenvalue weighted by molar-refractivity contribution is 1.12. The van der Waals surface area contributed by atoms with E-state index in [2.05, 4.69) is 10.3 Å². The minimum absolute atomic E-state index is 0.732. The molecule has 0 fully saturated rings. The lowest BCUT2D eigenvalue weighted by Crippen LogP contribution is -1.97. The van der Waals surface area contributed by atoms with Gasteiger partial charge in [-0.2, -0.15) is 0 Å². The molecule has 0 spiro atoms. The summed E-state index contributed by atoms with van der Waals surface area (Å²) in [6, 6.07) is 15.9. The van der Waals surface area contributed by atoms with Gasteiger partial charge in [0.1, 0.15) is 5.01 Å². The molecular weight excluding hydrogens is 264 g/mol. The summed E-state index contributed by atoms with van der Waals surface area (Å²) in [6.45, 7) is 0.737. The quantitative estimate of drug-likeness (QED) is 0.757. The number of thiazole rings is 1. The molecule has 0 saturated heterocycles. The van der Waals surface area contributed by atoms with Crippen LogP contribution in [0.15, 0.2) is 48.5 Å². The van der Waals surface area contributed by atoms with E-state index in [9.17, 15) is 0 Å². The van der Waals surface area contributed by atoms with Gasteiger partial charge in [-0.1, -0.05) is 29.8 Å². The maximum Gasteiger partial charge on any atom is 0.113 e. The topological polar surface area (TPSA) is 24.9 Å². The van der Waals surface area contributed by atoms with Crippen LogP contribution in [0.2, 0.25) is 5.02 Å². The summed E-state index contributed by atoms with van der Waals surface area (Å²) >= 11 is 7.64. The predicted octanol–water partition coefficient (Wildman–Crippen LogP) is 4.56. The second kappa shape index (κ2) is 4.96. The molecule has 0 bridgehead atoms. The molecular formula is C14H11ClN2S. The fourth-order valence-corrected chi connectivity index (χ4v) is 2.81. The van der Waals surface area contributed by atoms with Crippen molar-refractivity contribution in [3.8, 4) is 0 Å². The number of nitrogens with zero attached hydrogens (tertiary/aromatic N) is 1. The number of hydrogen-bond donors (Lipinski definition) is 1. The minimum Gasteiger partial charge on any atom is -0.379 e. The Labute approximate surface area is 114 Å². The summed E-state index contributed by atoms with van der Waals surface area (Å²) in [6.07, 6.45) is 0. The van der Waals surface area contributed by atoms with Crippen LogP contribution in [0.5, 0.6) is 0 Å². The van der Waals surface area contributed by atoms with Crippen molar-refractivity contribution in [2.24, 2.45) is 0 Å². The van der Waals surface area contributed by atoms with Crippen LogP contribution in [0, 0.1) is 0 Å². The number of nitrogens with one attached hydrogen (secondary N) is 1. The van der Waals surface area contributed by atoms with E-state index < -0.39 is 0 Å². The predicted molar refractivity (Wildman–Crippen MR) is 78.4 cm³/mol. The SMILES string of the molecule is Clc1ccc2sc(CNc3ccccc3)nc2c1. The number of fused-ring (bicyclic) bond motifs is 1. The summed E-state index contributed by atoms with van der Waals surface area (Å²) in [5.41, 5.74) is 2.08. The first-order valence-electron chi connectivity index (χ1n) is 5.65. The number of halogens is 1. The van der Waals surface area contributed by atoms with E-state index in [1.54, 1.807) is 11.3 Å². The van der Waals surface area contributed by atoms with E-state index in [4.69, 9.17) is 11.6 Å². The van der Waals surface area contributed by atoms with Crippen LogP contribution in [0.1, 0.15) is 5.01 Å². The van der Waals surface area contributed by atoms with Crippen LogP contribution in [0.25, 0.3) is 10.2 Å². The molecule has 2 nitrogen and oxygen atoms in total. The number of benzene rings is 2. The van der Waals surface area contributed by atoms with Crippen molar-refractivity contribution in [1.29, 1.82) is 0 Å². The summed E-state index contributed by atoms with van der Waals surface area (Å²) in [4.78, 5) is 4.56. The van der Waals surface area contributed by atoms with E-state index in [-0.39, 0.29) is 0 Å². The Hall–Kier alpha value is -1.58. The van der Waals surface area contributed by atoms with Gasteiger partial charge in [0.05, 0.1) is 16.8 Å². The van der Waals surface area contributed by atoms with Gasteiger partial charge >= 0.3 is 0 Å². The zero-order chi connectivity index (χ0) is 12.4. The molecule has 3 rings (SSSR count). The van der Waals surface area contributed by atoms with Gasteiger partial charge in [-0.25, -0.2) is 4.98 Å². The van der Waals surface area contributed by atoms with E-state index in [0.29, 0.717) is 0 Å². The Morgan fingerprint density at radius 3 is 2.78 bits per heavy atom. The van der Waals surface area contributed by atoms with Gasteiger partial charge in [0.2, 0.25) is 0 Å². The molecule has 90 valence electrons. The maximum atomic E-state index is 5.95. The van der Waals surface area contributed by atoms with E-state index >= 15 is 0 Å². The van der Waals surface area contributed by atoms with Gasteiger partial charge in [-0.3, -0.25) is 0 Å². The Morgan fingerprint density at radius 1 is 1.11 bits per heavy atom. The number of hydrogen-bond acceptors (Lipinski definition) is 3. The fourth-order valence-electron chi connectivity index (χ4n) is 1.76. The number of aromatic nitrogens is 1. The Balaban J connectivity index is 1.79. The standard InChI is InChI=1S/C14H11ClN2S/c15-10-6-7-13-12(8-10)17-14(18-13)9-16-11-4-2-1-3-5-11/h1-8,16H,9H2. The zero-order valence-corrected chi connectivity index (χ0v) is 11.1. The third kappa shape index (κ3) is 2.47. The molecule has 1 aromatic heterocycles. The summed E-state index contributed by atoms with van der Waals surface area (Å²) < 4.78 is 1.17. The molecule has 0 aliphatic rings. The molecule has 0 aliphatic heterocycles. The van der Waals surface area contributed by atoms with Crippen molar-refractivity contribution < 1.29 is 0 Å². The highest BCUT2D eigenvalue weighted by molar-refractivity contribution is 7.18. The van der Waals surface area contributed by atoms with Gasteiger partial charge < -0.3 is 5.32 Å². The molecule has 4 heteroatoms. The van der Waals surface area contributed by atoms with Crippen LogP contribution in [-0.2, 0) is 6.54 Å². The summed E-state index contributed by atoms with van der Waals surface area (Å²) in [5.74, 6) is 0. The highest BCUT2D eigenvalue weighted by Crippen LogP contribution is 2.25.